The first kappa shape index (κ1) is 22.1. The normalized spacial score (nSPS) is 24.3. The fourth-order valence-electron chi connectivity index (χ4n) is 4.31. The summed E-state index contributed by atoms with van der Waals surface area (Å²) in [5.41, 5.74) is 7.03. The Morgan fingerprint density at radius 1 is 1.17 bits per heavy atom. The first-order chi connectivity index (χ1) is 13.8. The lowest BCUT2D eigenvalue weighted by Gasteiger charge is -2.38. The van der Waals surface area contributed by atoms with Gasteiger partial charge in [0.25, 0.3) is 0 Å². The van der Waals surface area contributed by atoms with Crippen molar-refractivity contribution in [2.45, 2.75) is 68.8 Å². The Bertz CT molecular complexity index is 700. The molecule has 3 N–H and O–H groups in total. The zero-order chi connectivity index (χ0) is 21.0. The van der Waals surface area contributed by atoms with Crippen molar-refractivity contribution in [3.63, 3.8) is 0 Å². The van der Waals surface area contributed by atoms with Crippen molar-refractivity contribution in [3.05, 3.63) is 24.3 Å². The molecule has 0 aliphatic heterocycles. The SMILES string of the molecule is CC(=O)Nc1ccc([S+]([O-])CC2CCC([C@H](N)C(=O)N(C)C3CCC3)CC2)cc1. The van der Waals surface area contributed by atoms with Crippen molar-refractivity contribution < 1.29 is 14.1 Å². The molecule has 29 heavy (non-hydrogen) atoms. The van der Waals surface area contributed by atoms with E-state index in [0.29, 0.717) is 23.4 Å². The number of nitrogens with two attached hydrogens (primary N) is 1. The van der Waals surface area contributed by atoms with E-state index in [9.17, 15) is 14.1 Å². The van der Waals surface area contributed by atoms with E-state index >= 15 is 0 Å². The fraction of sp³-hybridized carbons (Fsp3) is 0.636. The van der Waals surface area contributed by atoms with Crippen molar-refractivity contribution >= 4 is 28.7 Å². The lowest BCUT2D eigenvalue weighted by Crippen LogP contribution is -2.52. The summed E-state index contributed by atoms with van der Waals surface area (Å²) >= 11 is -1.06. The van der Waals surface area contributed by atoms with Crippen LogP contribution in [0.25, 0.3) is 0 Å². The Hall–Kier alpha value is -1.57. The number of hydrogen-bond acceptors (Lipinski definition) is 4. The monoisotopic (exact) mass is 419 g/mol. The molecule has 2 atom stereocenters. The largest absolute Gasteiger partial charge is 0.611 e. The number of benzene rings is 1. The zero-order valence-corrected chi connectivity index (χ0v) is 18.2. The van der Waals surface area contributed by atoms with E-state index in [0.717, 1.165) is 43.4 Å². The minimum atomic E-state index is -1.06. The third-order valence-electron chi connectivity index (χ3n) is 6.48. The molecule has 0 bridgehead atoms. The van der Waals surface area contributed by atoms with Crippen LogP contribution in [0, 0.1) is 11.8 Å². The number of anilines is 1. The van der Waals surface area contributed by atoms with Crippen LogP contribution in [0.4, 0.5) is 5.69 Å². The minimum absolute atomic E-state index is 0.0842. The molecule has 1 aromatic carbocycles. The van der Waals surface area contributed by atoms with E-state index < -0.39 is 17.2 Å². The van der Waals surface area contributed by atoms with Gasteiger partial charge in [0.15, 0.2) is 4.90 Å². The van der Waals surface area contributed by atoms with Crippen molar-refractivity contribution in [1.82, 2.24) is 4.90 Å². The van der Waals surface area contributed by atoms with Crippen molar-refractivity contribution in [2.75, 3.05) is 18.1 Å². The molecule has 0 radical (unpaired) electrons. The van der Waals surface area contributed by atoms with Gasteiger partial charge in [-0.1, -0.05) is 0 Å². The molecule has 2 saturated carbocycles. The van der Waals surface area contributed by atoms with E-state index in [2.05, 4.69) is 5.32 Å². The molecule has 0 spiro atoms. The number of carbonyl (C=O) groups is 2. The van der Waals surface area contributed by atoms with Crippen LogP contribution in [0.5, 0.6) is 0 Å². The third-order valence-corrected chi connectivity index (χ3v) is 8.05. The van der Waals surface area contributed by atoms with Gasteiger partial charge in [0.2, 0.25) is 11.8 Å². The Morgan fingerprint density at radius 2 is 1.79 bits per heavy atom. The van der Waals surface area contributed by atoms with Gasteiger partial charge in [0.05, 0.1) is 6.04 Å². The maximum atomic E-state index is 12.7. The van der Waals surface area contributed by atoms with E-state index in [1.807, 2.05) is 24.1 Å². The van der Waals surface area contributed by atoms with Gasteiger partial charge < -0.3 is 20.5 Å². The van der Waals surface area contributed by atoms with Crippen LogP contribution in [0.2, 0.25) is 0 Å². The Kier molecular flexibility index (Phi) is 7.60. The molecule has 0 heterocycles. The van der Waals surface area contributed by atoms with Crippen molar-refractivity contribution in [3.8, 4) is 0 Å². The summed E-state index contributed by atoms with van der Waals surface area (Å²) in [6, 6.07) is 7.18. The second-order valence-corrected chi connectivity index (χ2v) is 10.1. The summed E-state index contributed by atoms with van der Waals surface area (Å²) in [5.74, 6) is 1.23. The van der Waals surface area contributed by atoms with Crippen molar-refractivity contribution in [1.29, 1.82) is 0 Å². The average molecular weight is 420 g/mol. The highest BCUT2D eigenvalue weighted by atomic mass is 32.2. The van der Waals surface area contributed by atoms with Crippen molar-refractivity contribution in [2.24, 2.45) is 17.6 Å². The highest BCUT2D eigenvalue weighted by Gasteiger charge is 2.35. The number of rotatable bonds is 7. The van der Waals surface area contributed by atoms with Gasteiger partial charge in [-0.25, -0.2) is 0 Å². The molecule has 3 rings (SSSR count). The predicted octanol–water partition coefficient (Wildman–Crippen LogP) is 2.90. The minimum Gasteiger partial charge on any atom is -0.611 e. The summed E-state index contributed by atoms with van der Waals surface area (Å²) in [5, 5.41) is 2.72. The maximum absolute atomic E-state index is 12.7. The number of carbonyl (C=O) groups excluding carboxylic acids is 2. The zero-order valence-electron chi connectivity index (χ0n) is 17.4. The number of likely N-dealkylation sites (N-methyl/N-ethyl adjacent to an activating group) is 1. The lowest BCUT2D eigenvalue weighted by molar-refractivity contribution is -0.136. The third kappa shape index (κ3) is 5.74. The average Bonchev–Trinajstić information content (AvgIpc) is 2.66. The molecular formula is C22H33N3O3S. The predicted molar refractivity (Wildman–Crippen MR) is 116 cm³/mol. The summed E-state index contributed by atoms with van der Waals surface area (Å²) < 4.78 is 12.7. The summed E-state index contributed by atoms with van der Waals surface area (Å²) in [4.78, 5) is 26.4. The van der Waals surface area contributed by atoms with Crippen LogP contribution < -0.4 is 11.1 Å². The molecule has 2 fully saturated rings. The first-order valence-electron chi connectivity index (χ1n) is 10.6. The Morgan fingerprint density at radius 3 is 2.31 bits per heavy atom. The van der Waals surface area contributed by atoms with Crippen LogP contribution in [0.3, 0.4) is 0 Å². The summed E-state index contributed by atoms with van der Waals surface area (Å²) in [6.45, 7) is 1.47. The number of nitrogens with one attached hydrogen (secondary N) is 1. The highest BCUT2D eigenvalue weighted by Crippen LogP contribution is 2.33. The van der Waals surface area contributed by atoms with Crippen LogP contribution >= 0.6 is 0 Å². The Labute approximate surface area is 176 Å². The standard InChI is InChI=1S/C22H33N3O3S/c1-15(26)24-18-10-12-20(13-11-18)29(28)14-16-6-8-17(9-7-16)21(23)22(27)25(2)19-4-3-5-19/h10-13,16-17,19,21H,3-9,14,23H2,1-2H3,(H,24,26)/t16?,17?,21-,29?/m0/s1. The molecule has 0 aromatic heterocycles. The molecule has 2 aliphatic carbocycles. The number of nitrogens with zero attached hydrogens (tertiary/aromatic N) is 1. The van der Waals surface area contributed by atoms with Gasteiger partial charge in [0, 0.05) is 31.6 Å². The van der Waals surface area contributed by atoms with Crippen LogP contribution in [0.15, 0.2) is 29.2 Å². The van der Waals surface area contributed by atoms with Gasteiger partial charge in [-0.2, -0.15) is 0 Å². The van der Waals surface area contributed by atoms with Gasteiger partial charge in [-0.3, -0.25) is 9.59 Å². The molecule has 2 aliphatic rings. The first-order valence-corrected chi connectivity index (χ1v) is 12.0. The second kappa shape index (κ2) is 9.96. The molecule has 160 valence electrons. The molecule has 7 heteroatoms. The maximum Gasteiger partial charge on any atom is 0.239 e. The van der Waals surface area contributed by atoms with E-state index in [4.69, 9.17) is 5.73 Å². The van der Waals surface area contributed by atoms with E-state index in [1.165, 1.54) is 13.3 Å². The summed E-state index contributed by atoms with van der Waals surface area (Å²) in [7, 11) is 1.89. The van der Waals surface area contributed by atoms with E-state index in [1.54, 1.807) is 12.1 Å². The molecule has 1 unspecified atom stereocenters. The van der Waals surface area contributed by atoms with Crippen LogP contribution in [-0.4, -0.2) is 46.2 Å². The van der Waals surface area contributed by atoms with E-state index in [-0.39, 0.29) is 17.7 Å². The van der Waals surface area contributed by atoms with Gasteiger partial charge >= 0.3 is 0 Å². The molecular weight excluding hydrogens is 386 g/mol. The smallest absolute Gasteiger partial charge is 0.239 e. The molecule has 0 saturated heterocycles. The Balaban J connectivity index is 1.45. The quantitative estimate of drug-likeness (QED) is 0.664. The molecule has 1 aromatic rings. The summed E-state index contributed by atoms with van der Waals surface area (Å²) in [6.07, 6.45) is 7.18. The molecule has 6 nitrogen and oxygen atoms in total. The fourth-order valence-corrected chi connectivity index (χ4v) is 5.70. The molecule has 2 amide bonds. The highest BCUT2D eigenvalue weighted by molar-refractivity contribution is 7.91. The number of amides is 2. The van der Waals surface area contributed by atoms with Gasteiger partial charge in [0.1, 0.15) is 5.75 Å². The van der Waals surface area contributed by atoms with Gasteiger partial charge in [-0.05, 0) is 86.3 Å². The topological polar surface area (TPSA) is 98.5 Å². The van der Waals surface area contributed by atoms with Crippen LogP contribution in [-0.2, 0) is 20.8 Å². The lowest BCUT2D eigenvalue weighted by atomic mass is 9.78. The van der Waals surface area contributed by atoms with Gasteiger partial charge in [-0.15, -0.1) is 0 Å². The second-order valence-electron chi connectivity index (χ2n) is 8.56. The van der Waals surface area contributed by atoms with Crippen LogP contribution in [0.1, 0.15) is 51.9 Å². The number of hydrogen-bond donors (Lipinski definition) is 2.